The first-order chi connectivity index (χ1) is 8.78. The molecule has 0 radical (unpaired) electrons. The fourth-order valence-electron chi connectivity index (χ4n) is 2.08. The molecule has 0 aromatic carbocycles. The number of hydrogen-bond donors (Lipinski definition) is 0. The molecule has 1 aromatic heterocycles. The van der Waals surface area contributed by atoms with Gasteiger partial charge in [-0.15, -0.1) is 0 Å². The first-order valence-electron chi connectivity index (χ1n) is 6.48. The van der Waals surface area contributed by atoms with E-state index in [1.165, 1.54) is 0 Å². The number of carbonyl (C=O) groups is 1. The maximum absolute atomic E-state index is 12.3. The molecule has 1 aliphatic rings. The number of aryl methyl sites for hydroxylation is 1. The summed E-state index contributed by atoms with van der Waals surface area (Å²) < 4.78 is 8.58. The fraction of sp³-hybridized carbons (Fsp3) is 0.692. The van der Waals surface area contributed by atoms with E-state index in [1.807, 2.05) is 31.6 Å². The highest BCUT2D eigenvalue weighted by atomic mass is 127. The predicted molar refractivity (Wildman–Crippen MR) is 80.8 cm³/mol. The van der Waals surface area contributed by atoms with Crippen LogP contribution in [-0.4, -0.2) is 32.4 Å². The predicted octanol–water partition coefficient (Wildman–Crippen LogP) is 3.02. The molecule has 0 fully saturated rings. The Kier molecular flexibility index (Phi) is 4.08. The number of carbonyl (C=O) groups excluding carboxylic acids is 1. The van der Waals surface area contributed by atoms with Crippen LogP contribution in [0.1, 0.15) is 39.8 Å². The van der Waals surface area contributed by atoms with Crippen molar-refractivity contribution in [2.45, 2.75) is 58.8 Å². The summed E-state index contributed by atoms with van der Waals surface area (Å²) in [5.74, 6) is 0. The number of hydrogen-bond acceptors (Lipinski definition) is 3. The highest BCUT2D eigenvalue weighted by molar-refractivity contribution is 14.1. The maximum Gasteiger partial charge on any atom is 0.410 e. The molecule has 0 aliphatic carbocycles. The summed E-state index contributed by atoms with van der Waals surface area (Å²) in [7, 11) is 0. The zero-order valence-electron chi connectivity index (χ0n) is 11.8. The number of aromatic nitrogens is 2. The molecule has 0 spiro atoms. The maximum atomic E-state index is 12.3. The number of halogens is 1. The molecule has 1 amide bonds. The van der Waals surface area contributed by atoms with Gasteiger partial charge in [-0.25, -0.2) is 4.79 Å². The van der Waals surface area contributed by atoms with Gasteiger partial charge in [-0.2, -0.15) is 5.10 Å². The van der Waals surface area contributed by atoms with Crippen LogP contribution in [0.4, 0.5) is 4.79 Å². The molecule has 1 aromatic rings. The molecule has 2 rings (SSSR count). The molecule has 0 unspecified atom stereocenters. The van der Waals surface area contributed by atoms with Crippen LogP contribution in [0.5, 0.6) is 0 Å². The molecule has 1 aliphatic heterocycles. The molecule has 5 nitrogen and oxygen atoms in total. The monoisotopic (exact) mass is 377 g/mol. The Morgan fingerprint density at radius 1 is 1.53 bits per heavy atom. The van der Waals surface area contributed by atoms with Gasteiger partial charge in [0, 0.05) is 12.6 Å². The van der Waals surface area contributed by atoms with E-state index in [0.717, 1.165) is 22.2 Å². The van der Waals surface area contributed by atoms with E-state index in [0.29, 0.717) is 6.54 Å². The van der Waals surface area contributed by atoms with Crippen molar-refractivity contribution in [1.82, 2.24) is 14.7 Å². The Morgan fingerprint density at radius 2 is 2.21 bits per heavy atom. The minimum atomic E-state index is -0.462. The summed E-state index contributed by atoms with van der Waals surface area (Å²) in [4.78, 5) is 14.1. The molecule has 19 heavy (non-hydrogen) atoms. The molecule has 1 atom stereocenters. The van der Waals surface area contributed by atoms with Crippen molar-refractivity contribution in [3.63, 3.8) is 0 Å². The number of amides is 1. The lowest BCUT2D eigenvalue weighted by atomic mass is 10.2. The lowest BCUT2D eigenvalue weighted by Crippen LogP contribution is -2.41. The van der Waals surface area contributed by atoms with Gasteiger partial charge in [-0.05, 0) is 56.7 Å². The molecular formula is C13H20IN3O2. The van der Waals surface area contributed by atoms with E-state index in [-0.39, 0.29) is 12.1 Å². The van der Waals surface area contributed by atoms with Crippen molar-refractivity contribution in [2.75, 3.05) is 0 Å². The van der Waals surface area contributed by atoms with Crippen molar-refractivity contribution < 1.29 is 9.53 Å². The number of rotatable bonds is 0. The van der Waals surface area contributed by atoms with Gasteiger partial charge in [-0.3, -0.25) is 9.58 Å². The zero-order valence-corrected chi connectivity index (χ0v) is 14.0. The van der Waals surface area contributed by atoms with Crippen LogP contribution in [0.2, 0.25) is 0 Å². The molecule has 6 heteroatoms. The number of nitrogens with zero attached hydrogens (tertiary/aromatic N) is 3. The second-order valence-corrected chi connectivity index (χ2v) is 7.07. The van der Waals surface area contributed by atoms with Gasteiger partial charge in [0.15, 0.2) is 0 Å². The van der Waals surface area contributed by atoms with Crippen LogP contribution in [0.3, 0.4) is 0 Å². The quantitative estimate of drug-likeness (QED) is 0.653. The normalized spacial score (nSPS) is 19.8. The van der Waals surface area contributed by atoms with Crippen LogP contribution >= 0.6 is 22.6 Å². The van der Waals surface area contributed by atoms with Gasteiger partial charge in [0.2, 0.25) is 0 Å². The van der Waals surface area contributed by atoms with Crippen LogP contribution in [0.15, 0.2) is 6.20 Å². The Labute approximate surface area is 127 Å². The lowest BCUT2D eigenvalue weighted by Gasteiger charge is -2.30. The molecular weight excluding hydrogens is 357 g/mol. The van der Waals surface area contributed by atoms with Gasteiger partial charge in [-0.1, -0.05) is 0 Å². The van der Waals surface area contributed by atoms with Gasteiger partial charge in [0.1, 0.15) is 5.60 Å². The van der Waals surface area contributed by atoms with E-state index in [9.17, 15) is 4.79 Å². The van der Waals surface area contributed by atoms with Crippen molar-refractivity contribution in [1.29, 1.82) is 0 Å². The molecule has 0 saturated heterocycles. The van der Waals surface area contributed by atoms with E-state index >= 15 is 0 Å². The van der Waals surface area contributed by atoms with Gasteiger partial charge < -0.3 is 4.74 Å². The summed E-state index contributed by atoms with van der Waals surface area (Å²) in [5, 5.41) is 4.35. The smallest absolute Gasteiger partial charge is 0.410 e. The molecule has 0 N–H and O–H groups in total. The van der Waals surface area contributed by atoms with Gasteiger partial charge in [0.25, 0.3) is 0 Å². The van der Waals surface area contributed by atoms with E-state index < -0.39 is 5.60 Å². The van der Waals surface area contributed by atoms with Crippen molar-refractivity contribution >= 4 is 28.7 Å². The second kappa shape index (κ2) is 5.30. The molecule has 0 bridgehead atoms. The van der Waals surface area contributed by atoms with Crippen molar-refractivity contribution in [3.05, 3.63) is 15.5 Å². The highest BCUT2D eigenvalue weighted by Crippen LogP contribution is 2.23. The van der Waals surface area contributed by atoms with Gasteiger partial charge in [0.05, 0.1) is 22.0 Å². The minimum Gasteiger partial charge on any atom is -0.444 e. The van der Waals surface area contributed by atoms with E-state index in [1.54, 1.807) is 4.90 Å². The van der Waals surface area contributed by atoms with Crippen LogP contribution in [-0.2, 0) is 17.8 Å². The summed E-state index contributed by atoms with van der Waals surface area (Å²) in [6, 6.07) is 0.160. The topological polar surface area (TPSA) is 47.4 Å². The third-order valence-corrected chi connectivity index (χ3v) is 4.04. The SMILES string of the molecule is C[C@H]1CCn2ncc(I)c2CN1C(=O)OC(C)(C)C. The summed E-state index contributed by atoms with van der Waals surface area (Å²) in [5.41, 5.74) is 0.632. The molecule has 106 valence electrons. The third-order valence-electron chi connectivity index (χ3n) is 3.14. The highest BCUT2D eigenvalue weighted by Gasteiger charge is 2.30. The lowest BCUT2D eigenvalue weighted by molar-refractivity contribution is 0.0156. The Bertz CT molecular complexity index is 479. The van der Waals surface area contributed by atoms with E-state index in [2.05, 4.69) is 34.6 Å². The summed E-state index contributed by atoms with van der Waals surface area (Å²) in [6.07, 6.45) is 2.49. The average Bonchev–Trinajstić information content (AvgIpc) is 2.51. The van der Waals surface area contributed by atoms with Crippen LogP contribution in [0, 0.1) is 3.57 Å². The molecule has 2 heterocycles. The second-order valence-electron chi connectivity index (χ2n) is 5.91. The number of ether oxygens (including phenoxy) is 1. The molecule has 0 saturated carbocycles. The Balaban J connectivity index is 2.20. The van der Waals surface area contributed by atoms with Crippen LogP contribution < -0.4 is 0 Å². The minimum absolute atomic E-state index is 0.160. The van der Waals surface area contributed by atoms with Crippen LogP contribution in [0.25, 0.3) is 0 Å². The zero-order chi connectivity index (χ0) is 14.2. The summed E-state index contributed by atoms with van der Waals surface area (Å²) >= 11 is 2.26. The van der Waals surface area contributed by atoms with Crippen molar-refractivity contribution in [3.8, 4) is 0 Å². The largest absolute Gasteiger partial charge is 0.444 e. The summed E-state index contributed by atoms with van der Waals surface area (Å²) in [6.45, 7) is 9.14. The Hall–Kier alpha value is -0.790. The van der Waals surface area contributed by atoms with Crippen molar-refractivity contribution in [2.24, 2.45) is 0 Å². The average molecular weight is 377 g/mol. The number of fused-ring (bicyclic) bond motifs is 1. The standard InChI is InChI=1S/C13H20IN3O2/c1-9-5-6-17-11(10(14)7-15-17)8-16(9)12(18)19-13(2,3)4/h7,9H,5-6,8H2,1-4H3/t9-/m0/s1. The Morgan fingerprint density at radius 3 is 2.84 bits per heavy atom. The fourth-order valence-corrected chi connectivity index (χ4v) is 2.66. The van der Waals surface area contributed by atoms with Gasteiger partial charge >= 0.3 is 6.09 Å². The first-order valence-corrected chi connectivity index (χ1v) is 7.55. The third kappa shape index (κ3) is 3.40. The van der Waals surface area contributed by atoms with E-state index in [4.69, 9.17) is 4.74 Å². The first kappa shape index (κ1) is 14.6.